The Morgan fingerprint density at radius 2 is 1.83 bits per heavy atom. The molecule has 1 heterocycles. The van der Waals surface area contributed by atoms with Gasteiger partial charge in [0.25, 0.3) is 5.56 Å². The van der Waals surface area contributed by atoms with Gasteiger partial charge in [0.15, 0.2) is 11.5 Å². The zero-order valence-corrected chi connectivity index (χ0v) is 24.2. The van der Waals surface area contributed by atoms with Gasteiger partial charge in [-0.1, -0.05) is 35.0 Å². The molecule has 10 heteroatoms. The summed E-state index contributed by atoms with van der Waals surface area (Å²) in [6.07, 6.45) is 2.99. The first-order chi connectivity index (χ1) is 17.3. The number of aromatic nitrogens is 2. The molecule has 0 spiro atoms. The van der Waals surface area contributed by atoms with Crippen LogP contribution in [0, 0.1) is 5.82 Å². The van der Waals surface area contributed by atoms with Crippen molar-refractivity contribution in [3.63, 3.8) is 0 Å². The van der Waals surface area contributed by atoms with E-state index in [1.54, 1.807) is 30.5 Å². The molecule has 0 atom stereocenters. The van der Waals surface area contributed by atoms with E-state index in [0.717, 1.165) is 16.5 Å². The van der Waals surface area contributed by atoms with Crippen LogP contribution in [-0.2, 0) is 13.0 Å². The summed E-state index contributed by atoms with van der Waals surface area (Å²) in [7, 11) is 1.54. The molecule has 6 nitrogen and oxygen atoms in total. The molecule has 0 bridgehead atoms. The van der Waals surface area contributed by atoms with Gasteiger partial charge in [0.2, 0.25) is 0 Å². The van der Waals surface area contributed by atoms with E-state index in [1.165, 1.54) is 23.9 Å². The van der Waals surface area contributed by atoms with Crippen molar-refractivity contribution in [2.75, 3.05) is 7.11 Å². The first kappa shape index (κ1) is 26.5. The van der Waals surface area contributed by atoms with Crippen molar-refractivity contribution in [3.05, 3.63) is 95.1 Å². The standard InChI is InChI=1S/C26H21Br3FN3O3/c1-3-4-22-32-20-10-7-17(27)12-19(20)26(34)33(22)31-13-16-11-21(35-2)25(24(29)23(16)28)36-14-15-5-8-18(30)9-6-15/h5-13H,3-4,14H2,1-2H3. The molecule has 0 aliphatic heterocycles. The Hall–Kier alpha value is -2.56. The number of halogens is 4. The highest BCUT2D eigenvalue weighted by Gasteiger charge is 2.17. The predicted molar refractivity (Wildman–Crippen MR) is 150 cm³/mol. The number of rotatable bonds is 8. The SMILES string of the molecule is CCCc1nc2ccc(Br)cc2c(=O)n1N=Cc1cc(OC)c(OCc2ccc(F)cc2)c(Br)c1Br. The zero-order chi connectivity index (χ0) is 25.8. The summed E-state index contributed by atoms with van der Waals surface area (Å²) in [4.78, 5) is 17.9. The van der Waals surface area contributed by atoms with Crippen molar-refractivity contribution in [1.82, 2.24) is 9.66 Å². The molecule has 0 radical (unpaired) electrons. The molecular weight excluding hydrogens is 661 g/mol. The van der Waals surface area contributed by atoms with Crippen LogP contribution in [0.5, 0.6) is 11.5 Å². The van der Waals surface area contributed by atoms with Gasteiger partial charge in [-0.2, -0.15) is 9.78 Å². The van der Waals surface area contributed by atoms with Gasteiger partial charge in [-0.25, -0.2) is 9.37 Å². The second-order valence-corrected chi connectivity index (χ2v) is 10.3. The van der Waals surface area contributed by atoms with E-state index in [9.17, 15) is 9.18 Å². The van der Waals surface area contributed by atoms with E-state index in [1.807, 2.05) is 19.1 Å². The van der Waals surface area contributed by atoms with Crippen molar-refractivity contribution < 1.29 is 13.9 Å². The largest absolute Gasteiger partial charge is 0.493 e. The normalized spacial score (nSPS) is 11.4. The molecule has 1 aromatic heterocycles. The van der Waals surface area contributed by atoms with E-state index in [-0.39, 0.29) is 18.0 Å². The average Bonchev–Trinajstić information content (AvgIpc) is 2.87. The molecular formula is C26H21Br3FN3O3. The van der Waals surface area contributed by atoms with Gasteiger partial charge in [0.05, 0.1) is 28.7 Å². The lowest BCUT2D eigenvalue weighted by molar-refractivity contribution is 0.282. The summed E-state index contributed by atoms with van der Waals surface area (Å²) in [5.74, 6) is 1.22. The minimum absolute atomic E-state index is 0.225. The van der Waals surface area contributed by atoms with Crippen molar-refractivity contribution in [2.24, 2.45) is 5.10 Å². The van der Waals surface area contributed by atoms with Gasteiger partial charge in [-0.05, 0) is 80.2 Å². The van der Waals surface area contributed by atoms with Crippen LogP contribution in [0.4, 0.5) is 4.39 Å². The molecule has 36 heavy (non-hydrogen) atoms. The first-order valence-electron chi connectivity index (χ1n) is 11.0. The fourth-order valence-electron chi connectivity index (χ4n) is 3.54. The Bertz CT molecular complexity index is 1510. The third kappa shape index (κ3) is 5.71. The Morgan fingerprint density at radius 3 is 2.53 bits per heavy atom. The molecule has 3 aromatic carbocycles. The van der Waals surface area contributed by atoms with Crippen molar-refractivity contribution in [3.8, 4) is 11.5 Å². The molecule has 0 unspecified atom stereocenters. The first-order valence-corrected chi connectivity index (χ1v) is 13.4. The van der Waals surface area contributed by atoms with Gasteiger partial charge in [-0.3, -0.25) is 4.79 Å². The van der Waals surface area contributed by atoms with Crippen LogP contribution in [0.25, 0.3) is 10.9 Å². The molecule has 186 valence electrons. The van der Waals surface area contributed by atoms with Gasteiger partial charge in [0.1, 0.15) is 18.2 Å². The number of ether oxygens (including phenoxy) is 2. The van der Waals surface area contributed by atoms with Gasteiger partial charge >= 0.3 is 0 Å². The number of methoxy groups -OCH3 is 1. The summed E-state index contributed by atoms with van der Waals surface area (Å²) in [6, 6.07) is 13.3. The number of benzene rings is 3. The average molecular weight is 682 g/mol. The smallest absolute Gasteiger partial charge is 0.282 e. The highest BCUT2D eigenvalue weighted by atomic mass is 79.9. The molecule has 0 saturated heterocycles. The van der Waals surface area contributed by atoms with Gasteiger partial charge in [-0.15, -0.1) is 0 Å². The lowest BCUT2D eigenvalue weighted by atomic mass is 10.2. The summed E-state index contributed by atoms with van der Waals surface area (Å²) in [6.45, 7) is 2.25. The Morgan fingerprint density at radius 1 is 1.08 bits per heavy atom. The maximum atomic E-state index is 13.3. The second-order valence-electron chi connectivity index (χ2n) is 7.84. The minimum atomic E-state index is -0.306. The van der Waals surface area contributed by atoms with E-state index in [2.05, 4.69) is 57.9 Å². The lowest BCUT2D eigenvalue weighted by Gasteiger charge is -2.15. The van der Waals surface area contributed by atoms with Crippen LogP contribution < -0.4 is 15.0 Å². The number of nitrogens with zero attached hydrogens (tertiary/aromatic N) is 3. The summed E-state index contributed by atoms with van der Waals surface area (Å²) >= 11 is 10.6. The van der Waals surface area contributed by atoms with Crippen LogP contribution in [0.2, 0.25) is 0 Å². The van der Waals surface area contributed by atoms with Crippen molar-refractivity contribution in [2.45, 2.75) is 26.4 Å². The van der Waals surface area contributed by atoms with Gasteiger partial charge in [0, 0.05) is 20.9 Å². The predicted octanol–water partition coefficient (Wildman–Crippen LogP) is 7.25. The second kappa shape index (κ2) is 11.7. The van der Waals surface area contributed by atoms with E-state index in [4.69, 9.17) is 9.47 Å². The third-order valence-electron chi connectivity index (χ3n) is 5.33. The molecule has 4 rings (SSSR count). The fraction of sp³-hybridized carbons (Fsp3) is 0.192. The molecule has 0 amide bonds. The van der Waals surface area contributed by atoms with E-state index < -0.39 is 0 Å². The summed E-state index contributed by atoms with van der Waals surface area (Å²) < 4.78 is 28.1. The van der Waals surface area contributed by atoms with Gasteiger partial charge < -0.3 is 9.47 Å². The van der Waals surface area contributed by atoms with Crippen molar-refractivity contribution in [1.29, 1.82) is 0 Å². The minimum Gasteiger partial charge on any atom is -0.493 e. The molecule has 0 fully saturated rings. The molecule has 0 N–H and O–H groups in total. The molecule has 0 aliphatic rings. The quantitative estimate of drug-likeness (QED) is 0.184. The Balaban J connectivity index is 1.71. The maximum absolute atomic E-state index is 13.3. The Kier molecular flexibility index (Phi) is 8.58. The number of hydrogen-bond acceptors (Lipinski definition) is 5. The molecule has 0 aliphatic carbocycles. The number of fused-ring (bicyclic) bond motifs is 1. The van der Waals surface area contributed by atoms with E-state index >= 15 is 0 Å². The van der Waals surface area contributed by atoms with Crippen LogP contribution in [0.15, 0.2) is 71.8 Å². The summed E-state index contributed by atoms with van der Waals surface area (Å²) in [5.41, 5.74) is 1.86. The number of aryl methyl sites for hydroxylation is 1. The van der Waals surface area contributed by atoms with Crippen LogP contribution in [0.3, 0.4) is 0 Å². The highest BCUT2D eigenvalue weighted by Crippen LogP contribution is 2.42. The molecule has 4 aromatic rings. The third-order valence-corrected chi connectivity index (χ3v) is 7.97. The fourth-order valence-corrected chi connectivity index (χ4v) is 4.84. The van der Waals surface area contributed by atoms with Crippen LogP contribution in [-0.4, -0.2) is 23.0 Å². The maximum Gasteiger partial charge on any atom is 0.282 e. The van der Waals surface area contributed by atoms with Crippen LogP contribution >= 0.6 is 47.8 Å². The summed E-state index contributed by atoms with van der Waals surface area (Å²) in [5, 5.41) is 4.98. The lowest BCUT2D eigenvalue weighted by Crippen LogP contribution is -2.22. The topological polar surface area (TPSA) is 65.7 Å². The Labute approximate surface area is 232 Å². The number of hydrogen-bond donors (Lipinski definition) is 0. The van der Waals surface area contributed by atoms with Crippen molar-refractivity contribution >= 4 is 64.9 Å². The highest BCUT2D eigenvalue weighted by molar-refractivity contribution is 9.13. The zero-order valence-electron chi connectivity index (χ0n) is 19.4. The monoisotopic (exact) mass is 679 g/mol. The van der Waals surface area contributed by atoms with E-state index in [0.29, 0.717) is 49.2 Å². The molecule has 0 saturated carbocycles. The van der Waals surface area contributed by atoms with Crippen LogP contribution in [0.1, 0.15) is 30.3 Å².